The summed E-state index contributed by atoms with van der Waals surface area (Å²) < 4.78 is 24.7. The Labute approximate surface area is 167 Å². The first-order chi connectivity index (χ1) is 13.3. The zero-order chi connectivity index (χ0) is 19.4. The number of ether oxygens (including phenoxy) is 4. The van der Waals surface area contributed by atoms with Gasteiger partial charge in [0, 0.05) is 30.6 Å². The maximum Gasteiger partial charge on any atom is 0.302 e. The molecule has 0 radical (unpaired) electrons. The van der Waals surface area contributed by atoms with Gasteiger partial charge in [-0.1, -0.05) is 13.8 Å². The molecule has 5 nitrogen and oxygen atoms in total. The second-order valence-corrected chi connectivity index (χ2v) is 10.9. The van der Waals surface area contributed by atoms with Gasteiger partial charge in [-0.25, -0.2) is 0 Å². The summed E-state index contributed by atoms with van der Waals surface area (Å²) in [5, 5.41) is 0. The summed E-state index contributed by atoms with van der Waals surface area (Å²) >= 11 is 0. The lowest BCUT2D eigenvalue weighted by Gasteiger charge is -2.59. The number of carbonyl (C=O) groups is 1. The molecule has 2 aliphatic heterocycles. The fourth-order valence-corrected chi connectivity index (χ4v) is 8.86. The molecule has 0 N–H and O–H groups in total. The Hall–Kier alpha value is -0.650. The first-order valence-electron chi connectivity index (χ1n) is 11.5. The third-order valence-electron chi connectivity index (χ3n) is 10.2. The van der Waals surface area contributed by atoms with Crippen molar-refractivity contribution < 1.29 is 23.7 Å². The number of epoxide rings is 1. The molecule has 2 heterocycles. The molecule has 0 aromatic carbocycles. The quantitative estimate of drug-likeness (QED) is 0.503. The summed E-state index contributed by atoms with van der Waals surface area (Å²) in [6.07, 6.45) is 9.28. The van der Waals surface area contributed by atoms with Crippen LogP contribution < -0.4 is 0 Å². The average Bonchev–Trinajstić information content (AvgIpc) is 3.00. The zero-order valence-electron chi connectivity index (χ0n) is 17.5. The summed E-state index contributed by atoms with van der Waals surface area (Å²) in [5.74, 6) is 1.61. The van der Waals surface area contributed by atoms with Gasteiger partial charge in [0.1, 0.15) is 11.7 Å². The van der Waals surface area contributed by atoms with Crippen molar-refractivity contribution in [3.63, 3.8) is 0 Å². The molecule has 5 heteroatoms. The second kappa shape index (κ2) is 5.53. The van der Waals surface area contributed by atoms with Crippen LogP contribution >= 0.6 is 0 Å². The fourth-order valence-electron chi connectivity index (χ4n) is 8.86. The molecule has 0 aromatic rings. The number of fused-ring (bicyclic) bond motifs is 5. The maximum absolute atomic E-state index is 11.5. The SMILES string of the molecule is CC(=O)O[C@H]1CC[C@]2(C)[C@H]3CC[C@@]4(C)[C@@H](CCC45OCCO5)[C@@H]3C[C@@H]3O[C@@]32C1. The molecule has 0 aromatic heterocycles. The second-order valence-electron chi connectivity index (χ2n) is 10.9. The molecule has 4 saturated carbocycles. The molecule has 156 valence electrons. The standard InChI is InChI=1S/C23H34O5/c1-14(24)27-15-4-7-20(2)17-5-8-21(3)18(6-9-23(21)25-10-11-26-23)16(17)12-19-22(20,13-15)28-19/h15-19H,4-13H2,1-3H3/t15-,16+,17-,18-,19-,20+,21-,22-/m0/s1. The first kappa shape index (κ1) is 18.1. The zero-order valence-corrected chi connectivity index (χ0v) is 17.5. The van der Waals surface area contributed by atoms with Crippen molar-refractivity contribution in [3.8, 4) is 0 Å². The van der Waals surface area contributed by atoms with Crippen LogP contribution in [-0.4, -0.2) is 42.8 Å². The van der Waals surface area contributed by atoms with E-state index in [0.29, 0.717) is 23.9 Å². The van der Waals surface area contributed by atoms with E-state index < -0.39 is 0 Å². The Balaban J connectivity index is 1.29. The van der Waals surface area contributed by atoms with E-state index in [9.17, 15) is 4.79 Å². The maximum atomic E-state index is 11.5. The molecule has 0 bridgehead atoms. The molecular weight excluding hydrogens is 356 g/mol. The molecule has 2 saturated heterocycles. The summed E-state index contributed by atoms with van der Waals surface area (Å²) in [5.41, 5.74) is 0.313. The van der Waals surface area contributed by atoms with Crippen LogP contribution in [-0.2, 0) is 23.7 Å². The number of hydrogen-bond donors (Lipinski definition) is 0. The van der Waals surface area contributed by atoms with Gasteiger partial charge in [-0.05, 0) is 56.3 Å². The molecule has 8 atom stereocenters. The summed E-state index contributed by atoms with van der Waals surface area (Å²) in [6, 6.07) is 0. The Morgan fingerprint density at radius 3 is 2.39 bits per heavy atom. The Kier molecular flexibility index (Phi) is 3.58. The number of esters is 1. The van der Waals surface area contributed by atoms with E-state index >= 15 is 0 Å². The van der Waals surface area contributed by atoms with Crippen LogP contribution in [0.1, 0.15) is 72.1 Å². The molecule has 6 fully saturated rings. The van der Waals surface area contributed by atoms with Crippen molar-refractivity contribution in [2.24, 2.45) is 28.6 Å². The summed E-state index contributed by atoms with van der Waals surface area (Å²) in [4.78, 5) is 11.5. The lowest BCUT2D eigenvalue weighted by atomic mass is 9.44. The largest absolute Gasteiger partial charge is 0.462 e. The van der Waals surface area contributed by atoms with Crippen LogP contribution in [0, 0.1) is 28.6 Å². The smallest absolute Gasteiger partial charge is 0.302 e. The molecule has 4 aliphatic carbocycles. The molecule has 28 heavy (non-hydrogen) atoms. The highest BCUT2D eigenvalue weighted by molar-refractivity contribution is 5.66. The summed E-state index contributed by atoms with van der Waals surface area (Å²) in [6.45, 7) is 7.96. The van der Waals surface area contributed by atoms with Crippen LogP contribution in [0.15, 0.2) is 0 Å². The lowest BCUT2D eigenvalue weighted by Crippen LogP contribution is -2.60. The van der Waals surface area contributed by atoms with E-state index in [-0.39, 0.29) is 34.3 Å². The molecule has 6 aliphatic rings. The van der Waals surface area contributed by atoms with Crippen LogP contribution in [0.25, 0.3) is 0 Å². The highest BCUT2D eigenvalue weighted by atomic mass is 16.7. The first-order valence-corrected chi connectivity index (χ1v) is 11.5. The van der Waals surface area contributed by atoms with Crippen molar-refractivity contribution in [3.05, 3.63) is 0 Å². The molecule has 0 unspecified atom stereocenters. The highest BCUT2D eigenvalue weighted by Gasteiger charge is 2.77. The van der Waals surface area contributed by atoms with Crippen molar-refractivity contribution in [2.75, 3.05) is 13.2 Å². The predicted octanol–water partition coefficient (Wildman–Crippen LogP) is 3.84. The fraction of sp³-hybridized carbons (Fsp3) is 0.957. The third-order valence-corrected chi connectivity index (χ3v) is 10.2. The van der Waals surface area contributed by atoms with Gasteiger partial charge in [-0.2, -0.15) is 0 Å². The molecular formula is C23H34O5. The van der Waals surface area contributed by atoms with Gasteiger partial charge in [-0.15, -0.1) is 0 Å². The van der Waals surface area contributed by atoms with Crippen LogP contribution in [0.5, 0.6) is 0 Å². The third kappa shape index (κ3) is 2.02. The normalized spacial score (nSPS) is 55.8. The Bertz CT molecular complexity index is 701. The topological polar surface area (TPSA) is 57.3 Å². The Morgan fingerprint density at radius 2 is 1.64 bits per heavy atom. The lowest BCUT2D eigenvalue weighted by molar-refractivity contribution is -0.246. The van der Waals surface area contributed by atoms with E-state index in [0.717, 1.165) is 38.9 Å². The van der Waals surface area contributed by atoms with Crippen molar-refractivity contribution >= 4 is 5.97 Å². The molecule has 0 amide bonds. The van der Waals surface area contributed by atoms with Crippen LogP contribution in [0.4, 0.5) is 0 Å². The van der Waals surface area contributed by atoms with Crippen LogP contribution in [0.3, 0.4) is 0 Å². The van der Waals surface area contributed by atoms with E-state index in [1.165, 1.54) is 32.6 Å². The molecule has 6 rings (SSSR count). The number of rotatable bonds is 1. The van der Waals surface area contributed by atoms with Gasteiger partial charge in [0.05, 0.1) is 19.3 Å². The van der Waals surface area contributed by atoms with Crippen molar-refractivity contribution in [1.29, 1.82) is 0 Å². The van der Waals surface area contributed by atoms with E-state index in [1.54, 1.807) is 0 Å². The minimum Gasteiger partial charge on any atom is -0.462 e. The van der Waals surface area contributed by atoms with Gasteiger partial charge in [-0.3, -0.25) is 4.79 Å². The Morgan fingerprint density at radius 1 is 0.964 bits per heavy atom. The van der Waals surface area contributed by atoms with Crippen molar-refractivity contribution in [1.82, 2.24) is 0 Å². The van der Waals surface area contributed by atoms with Gasteiger partial charge in [0.2, 0.25) is 0 Å². The number of carbonyl (C=O) groups excluding carboxylic acids is 1. The molecule has 2 spiro atoms. The van der Waals surface area contributed by atoms with E-state index in [2.05, 4.69) is 13.8 Å². The average molecular weight is 391 g/mol. The van der Waals surface area contributed by atoms with Gasteiger partial charge in [0.15, 0.2) is 5.79 Å². The van der Waals surface area contributed by atoms with E-state index in [1.807, 2.05) is 0 Å². The highest BCUT2D eigenvalue weighted by Crippen LogP contribution is 2.75. The van der Waals surface area contributed by atoms with Crippen molar-refractivity contribution in [2.45, 2.75) is 95.7 Å². The minimum absolute atomic E-state index is 0.0380. The monoisotopic (exact) mass is 390 g/mol. The van der Waals surface area contributed by atoms with Gasteiger partial charge in [0.25, 0.3) is 0 Å². The number of hydrogen-bond acceptors (Lipinski definition) is 5. The van der Waals surface area contributed by atoms with Gasteiger partial charge < -0.3 is 18.9 Å². The minimum atomic E-state index is -0.324. The summed E-state index contributed by atoms with van der Waals surface area (Å²) in [7, 11) is 0. The van der Waals surface area contributed by atoms with Gasteiger partial charge >= 0.3 is 5.97 Å². The van der Waals surface area contributed by atoms with E-state index in [4.69, 9.17) is 18.9 Å². The van der Waals surface area contributed by atoms with Crippen LogP contribution in [0.2, 0.25) is 0 Å². The predicted molar refractivity (Wildman–Crippen MR) is 101 cm³/mol.